The zero-order valence-electron chi connectivity index (χ0n) is 9.43. The number of likely N-dealkylation sites (N-methyl/N-ethyl adjacent to an activating group) is 1. The van der Waals surface area contributed by atoms with E-state index in [1.807, 2.05) is 24.8 Å². The van der Waals surface area contributed by atoms with Crippen LogP contribution in [0.1, 0.15) is 27.7 Å². The van der Waals surface area contributed by atoms with E-state index < -0.39 is 0 Å². The Hall–Kier alpha value is -0.780. The van der Waals surface area contributed by atoms with E-state index in [-0.39, 0.29) is 0 Å². The third kappa shape index (κ3) is 2.87. The van der Waals surface area contributed by atoms with Crippen LogP contribution < -0.4 is 5.32 Å². The van der Waals surface area contributed by atoms with Gasteiger partial charge in [-0.1, -0.05) is 6.92 Å². The summed E-state index contributed by atoms with van der Waals surface area (Å²) in [5, 5.41) is 4.63. The average Bonchev–Trinajstić information content (AvgIpc) is 2.88. The molecule has 16 heavy (non-hydrogen) atoms. The summed E-state index contributed by atoms with van der Waals surface area (Å²) in [6.07, 6.45) is 4.93. The molecule has 0 bridgehead atoms. The van der Waals surface area contributed by atoms with Gasteiger partial charge in [-0.3, -0.25) is 4.98 Å². The molecule has 0 aliphatic carbocycles. The Balaban J connectivity index is 2.11. The van der Waals surface area contributed by atoms with Gasteiger partial charge in [0.05, 0.1) is 10.5 Å². The van der Waals surface area contributed by atoms with Crippen LogP contribution in [0.2, 0.25) is 0 Å². The van der Waals surface area contributed by atoms with Crippen LogP contribution in [0, 0.1) is 6.92 Å². The molecule has 0 fully saturated rings. The van der Waals surface area contributed by atoms with E-state index in [0.717, 1.165) is 18.0 Å². The molecule has 0 aliphatic rings. The highest BCUT2D eigenvalue weighted by Crippen LogP contribution is 2.24. The molecular formula is C11H15N3S2. The molecule has 0 aromatic carbocycles. The van der Waals surface area contributed by atoms with Crippen molar-refractivity contribution < 1.29 is 0 Å². The molecular weight excluding hydrogens is 238 g/mol. The molecule has 2 aromatic rings. The predicted octanol–water partition coefficient (Wildman–Crippen LogP) is 2.80. The average molecular weight is 253 g/mol. The number of nitrogens with zero attached hydrogens (tertiary/aromatic N) is 2. The largest absolute Gasteiger partial charge is 0.309 e. The maximum atomic E-state index is 4.32. The van der Waals surface area contributed by atoms with Crippen molar-refractivity contribution in [2.24, 2.45) is 0 Å². The second-order valence-corrected chi connectivity index (χ2v) is 5.80. The van der Waals surface area contributed by atoms with E-state index >= 15 is 0 Å². The second-order valence-electron chi connectivity index (χ2n) is 3.56. The highest BCUT2D eigenvalue weighted by atomic mass is 32.1. The molecule has 0 saturated heterocycles. The number of thiazole rings is 2. The Morgan fingerprint density at radius 2 is 2.31 bits per heavy atom. The monoisotopic (exact) mass is 253 g/mol. The number of aryl methyl sites for hydroxylation is 1. The first kappa shape index (κ1) is 11.7. The van der Waals surface area contributed by atoms with Gasteiger partial charge in [-0.15, -0.1) is 22.7 Å². The predicted molar refractivity (Wildman–Crippen MR) is 69.1 cm³/mol. The molecule has 1 N–H and O–H groups in total. The van der Waals surface area contributed by atoms with Gasteiger partial charge in [0.2, 0.25) is 0 Å². The van der Waals surface area contributed by atoms with E-state index in [2.05, 4.69) is 22.2 Å². The van der Waals surface area contributed by atoms with Crippen molar-refractivity contribution in [3.05, 3.63) is 32.7 Å². The Morgan fingerprint density at radius 1 is 1.44 bits per heavy atom. The fourth-order valence-corrected chi connectivity index (χ4v) is 3.11. The molecule has 0 radical (unpaired) electrons. The lowest BCUT2D eigenvalue weighted by molar-refractivity contribution is 0.560. The highest BCUT2D eigenvalue weighted by Gasteiger charge is 2.14. The lowest BCUT2D eigenvalue weighted by atomic mass is 10.1. The summed E-state index contributed by atoms with van der Waals surface area (Å²) in [5.74, 6) is 0. The van der Waals surface area contributed by atoms with Gasteiger partial charge in [-0.25, -0.2) is 4.98 Å². The SMILES string of the molecule is CCNC(Cc1cncs1)c1cnc(C)s1. The Bertz CT molecular complexity index is 422. The first-order valence-electron chi connectivity index (χ1n) is 5.32. The summed E-state index contributed by atoms with van der Waals surface area (Å²) in [6.45, 7) is 5.15. The molecule has 1 unspecified atom stereocenters. The van der Waals surface area contributed by atoms with Crippen LogP contribution in [0.25, 0.3) is 0 Å². The maximum Gasteiger partial charge on any atom is 0.0897 e. The van der Waals surface area contributed by atoms with E-state index in [0.29, 0.717) is 6.04 Å². The Labute approximate surface area is 104 Å². The van der Waals surface area contributed by atoms with Gasteiger partial charge < -0.3 is 5.32 Å². The van der Waals surface area contributed by atoms with Crippen molar-refractivity contribution >= 4 is 22.7 Å². The number of hydrogen-bond acceptors (Lipinski definition) is 5. The van der Waals surface area contributed by atoms with Gasteiger partial charge in [0.25, 0.3) is 0 Å². The highest BCUT2D eigenvalue weighted by molar-refractivity contribution is 7.11. The molecule has 2 rings (SSSR count). The molecule has 1 atom stereocenters. The van der Waals surface area contributed by atoms with Gasteiger partial charge in [0.15, 0.2) is 0 Å². The molecule has 0 amide bonds. The zero-order valence-corrected chi connectivity index (χ0v) is 11.1. The summed E-state index contributed by atoms with van der Waals surface area (Å²) in [5.41, 5.74) is 1.89. The summed E-state index contributed by atoms with van der Waals surface area (Å²) in [6, 6.07) is 0.372. The van der Waals surface area contributed by atoms with Crippen molar-refractivity contribution in [1.29, 1.82) is 0 Å². The minimum absolute atomic E-state index is 0.372. The molecule has 0 saturated carbocycles. The number of nitrogens with one attached hydrogen (secondary N) is 1. The first-order valence-corrected chi connectivity index (χ1v) is 7.02. The first-order chi connectivity index (χ1) is 7.79. The van der Waals surface area contributed by atoms with E-state index in [9.17, 15) is 0 Å². The number of hydrogen-bond donors (Lipinski definition) is 1. The summed E-state index contributed by atoms with van der Waals surface area (Å²) in [7, 11) is 0. The smallest absolute Gasteiger partial charge is 0.0897 e. The second kappa shape index (κ2) is 5.52. The summed E-state index contributed by atoms with van der Waals surface area (Å²) >= 11 is 3.48. The maximum absolute atomic E-state index is 4.32. The molecule has 5 heteroatoms. The molecule has 2 heterocycles. The summed E-state index contributed by atoms with van der Waals surface area (Å²) < 4.78 is 0. The van der Waals surface area contributed by atoms with E-state index in [4.69, 9.17) is 0 Å². The van der Waals surface area contributed by atoms with Gasteiger partial charge in [-0.05, 0) is 13.5 Å². The zero-order chi connectivity index (χ0) is 11.4. The van der Waals surface area contributed by atoms with Gasteiger partial charge in [0.1, 0.15) is 0 Å². The Morgan fingerprint density at radius 3 is 2.88 bits per heavy atom. The standard InChI is InChI=1S/C11H15N3S2/c1-3-13-10(4-9-5-12-7-15-9)11-6-14-8(2)16-11/h5-7,10,13H,3-4H2,1-2H3. The molecule has 0 spiro atoms. The Kier molecular flexibility index (Phi) is 4.04. The fourth-order valence-electron chi connectivity index (χ4n) is 1.60. The lowest BCUT2D eigenvalue weighted by Crippen LogP contribution is -2.21. The van der Waals surface area contributed by atoms with Crippen molar-refractivity contribution in [1.82, 2.24) is 15.3 Å². The molecule has 3 nitrogen and oxygen atoms in total. The van der Waals surface area contributed by atoms with Gasteiger partial charge in [-0.2, -0.15) is 0 Å². The van der Waals surface area contributed by atoms with Crippen molar-refractivity contribution in [2.45, 2.75) is 26.3 Å². The normalized spacial score (nSPS) is 12.9. The topological polar surface area (TPSA) is 37.8 Å². The quantitative estimate of drug-likeness (QED) is 0.890. The van der Waals surface area contributed by atoms with Crippen LogP contribution in [-0.2, 0) is 6.42 Å². The van der Waals surface area contributed by atoms with Gasteiger partial charge in [0, 0.05) is 34.6 Å². The van der Waals surface area contributed by atoms with Crippen LogP contribution >= 0.6 is 22.7 Å². The molecule has 86 valence electrons. The van der Waals surface area contributed by atoms with E-state index in [1.165, 1.54) is 9.75 Å². The van der Waals surface area contributed by atoms with E-state index in [1.54, 1.807) is 22.7 Å². The number of aromatic nitrogens is 2. The van der Waals surface area contributed by atoms with Crippen LogP contribution in [0.3, 0.4) is 0 Å². The molecule has 2 aromatic heterocycles. The van der Waals surface area contributed by atoms with Crippen molar-refractivity contribution in [2.75, 3.05) is 6.54 Å². The van der Waals surface area contributed by atoms with Crippen LogP contribution in [-0.4, -0.2) is 16.5 Å². The lowest BCUT2D eigenvalue weighted by Gasteiger charge is -2.14. The third-order valence-corrected chi connectivity index (χ3v) is 4.15. The van der Waals surface area contributed by atoms with Gasteiger partial charge >= 0.3 is 0 Å². The molecule has 0 aliphatic heterocycles. The minimum Gasteiger partial charge on any atom is -0.309 e. The van der Waals surface area contributed by atoms with Crippen molar-refractivity contribution in [3.63, 3.8) is 0 Å². The fraction of sp³-hybridized carbons (Fsp3) is 0.455. The van der Waals surface area contributed by atoms with Crippen LogP contribution in [0.4, 0.5) is 0 Å². The van der Waals surface area contributed by atoms with Crippen LogP contribution in [0.5, 0.6) is 0 Å². The summed E-state index contributed by atoms with van der Waals surface area (Å²) in [4.78, 5) is 11.1. The number of rotatable bonds is 5. The van der Waals surface area contributed by atoms with Crippen molar-refractivity contribution in [3.8, 4) is 0 Å². The minimum atomic E-state index is 0.372. The van der Waals surface area contributed by atoms with Crippen LogP contribution in [0.15, 0.2) is 17.9 Å². The third-order valence-electron chi connectivity index (χ3n) is 2.32.